The molecule has 2 aliphatic rings. The number of unbranched alkanes of at least 4 members (excludes halogenated alkanes) is 2. The van der Waals surface area contributed by atoms with E-state index < -0.39 is 54.3 Å². The van der Waals surface area contributed by atoms with E-state index in [1.165, 1.54) is 0 Å². The molecule has 0 aromatic heterocycles. The average Bonchev–Trinajstić information content (AvgIpc) is 2.78. The van der Waals surface area contributed by atoms with Crippen LogP contribution in [0.4, 0.5) is 0 Å². The molecular formula is C19H36O10S4. The van der Waals surface area contributed by atoms with Gasteiger partial charge in [0.25, 0.3) is 20.2 Å². The summed E-state index contributed by atoms with van der Waals surface area (Å²) in [5, 5.41) is 0. The minimum absolute atomic E-state index is 0.119. The lowest BCUT2D eigenvalue weighted by Crippen LogP contribution is -2.22. The van der Waals surface area contributed by atoms with Gasteiger partial charge in [-0.05, 0) is 38.5 Å². The summed E-state index contributed by atoms with van der Waals surface area (Å²) in [4.78, 5) is 0. The van der Waals surface area contributed by atoms with Crippen LogP contribution in [0.2, 0.25) is 0 Å². The van der Waals surface area contributed by atoms with E-state index in [0.29, 0.717) is 6.42 Å². The first kappa shape index (κ1) is 29.3. The van der Waals surface area contributed by atoms with E-state index in [1.54, 1.807) is 0 Å². The molecule has 0 spiro atoms. The van der Waals surface area contributed by atoms with Crippen LogP contribution in [-0.4, -0.2) is 60.8 Å². The van der Waals surface area contributed by atoms with E-state index >= 15 is 0 Å². The van der Waals surface area contributed by atoms with Gasteiger partial charge in [-0.3, -0.25) is 16.7 Å². The number of hydrogen-bond acceptors (Lipinski definition) is 10. The summed E-state index contributed by atoms with van der Waals surface area (Å²) in [7, 11) is -7.76. The van der Waals surface area contributed by atoms with Gasteiger partial charge in [-0.15, -0.1) is 0 Å². The minimum atomic E-state index is -3.88. The molecule has 196 valence electrons. The summed E-state index contributed by atoms with van der Waals surface area (Å²) < 4.78 is 91.6. The molecule has 2 atom stereocenters. The quantitative estimate of drug-likeness (QED) is 0.207. The first-order chi connectivity index (χ1) is 15.7. The van der Waals surface area contributed by atoms with Crippen molar-refractivity contribution in [3.05, 3.63) is 0 Å². The lowest BCUT2D eigenvalue weighted by Gasteiger charge is -2.20. The van der Waals surface area contributed by atoms with Crippen molar-refractivity contribution in [2.75, 3.05) is 23.4 Å². The average molecular weight is 553 g/mol. The van der Waals surface area contributed by atoms with Crippen LogP contribution < -0.4 is 0 Å². The molecule has 14 heteroatoms. The Hall–Kier alpha value is 0.0400. The van der Waals surface area contributed by atoms with Gasteiger partial charge in [0.2, 0.25) is 0 Å². The number of rotatable bonds is 16. The van der Waals surface area contributed by atoms with E-state index in [4.69, 9.17) is 16.7 Å². The Labute approximate surface area is 203 Å². The molecule has 2 rings (SSSR count). The summed E-state index contributed by atoms with van der Waals surface area (Å²) in [5.74, 6) is -1.70. The van der Waals surface area contributed by atoms with Crippen LogP contribution in [0.1, 0.15) is 83.5 Å². The molecule has 2 aliphatic carbocycles. The molecule has 33 heavy (non-hydrogen) atoms. The van der Waals surface area contributed by atoms with Crippen molar-refractivity contribution >= 4 is 42.4 Å². The van der Waals surface area contributed by atoms with Gasteiger partial charge >= 0.3 is 0 Å². The highest BCUT2D eigenvalue weighted by Crippen LogP contribution is 2.22. The lowest BCUT2D eigenvalue weighted by molar-refractivity contribution is 0.169. The van der Waals surface area contributed by atoms with Crippen molar-refractivity contribution in [3.8, 4) is 0 Å². The van der Waals surface area contributed by atoms with E-state index in [-0.39, 0.29) is 36.6 Å². The molecule has 2 unspecified atom stereocenters. The number of hydrogen-bond donors (Lipinski definition) is 0. The fourth-order valence-electron chi connectivity index (χ4n) is 3.76. The van der Waals surface area contributed by atoms with Crippen molar-refractivity contribution in [1.82, 2.24) is 0 Å². The molecule has 2 saturated carbocycles. The third-order valence-corrected chi connectivity index (χ3v) is 9.95. The molecule has 10 nitrogen and oxygen atoms in total. The highest BCUT2D eigenvalue weighted by atomic mass is 32.2. The molecule has 0 heterocycles. The van der Waals surface area contributed by atoms with Crippen LogP contribution in [0.15, 0.2) is 0 Å². The SMILES string of the molecule is O=S(COS(=O)(=O)CCCCCS(=O)(=O)OCS(=O)OC1CCCCC1)OC1CCCCC1. The monoisotopic (exact) mass is 552 g/mol. The predicted molar refractivity (Wildman–Crippen MR) is 126 cm³/mol. The fraction of sp³-hybridized carbons (Fsp3) is 1.00. The van der Waals surface area contributed by atoms with Crippen LogP contribution in [-0.2, 0) is 59.1 Å². The Balaban J connectivity index is 1.54. The zero-order valence-corrected chi connectivity index (χ0v) is 22.2. The molecular weight excluding hydrogens is 516 g/mol. The maximum Gasteiger partial charge on any atom is 0.268 e. The van der Waals surface area contributed by atoms with Crippen molar-refractivity contribution < 1.29 is 42.0 Å². The standard InChI is InChI=1S/C19H36O10S4/c20-30(28-18-10-4-1-5-11-18)16-26-32(22,23)14-8-3-9-15-33(24,25)27-17-31(21)29-19-12-6-2-7-13-19/h18-19H,1-17H2. The predicted octanol–water partition coefficient (Wildman–Crippen LogP) is 2.79. The Morgan fingerprint density at radius 1 is 0.576 bits per heavy atom. The molecule has 0 radical (unpaired) electrons. The van der Waals surface area contributed by atoms with Crippen LogP contribution >= 0.6 is 0 Å². The third kappa shape index (κ3) is 13.6. The second kappa shape index (κ2) is 15.2. The molecule has 0 bridgehead atoms. The zero-order valence-electron chi connectivity index (χ0n) is 18.9. The molecule has 0 amide bonds. The van der Waals surface area contributed by atoms with E-state index in [1.807, 2.05) is 0 Å². The van der Waals surface area contributed by atoms with E-state index in [9.17, 15) is 25.3 Å². The molecule has 0 aromatic carbocycles. The minimum Gasteiger partial charge on any atom is -0.285 e. The van der Waals surface area contributed by atoms with Gasteiger partial charge in [0, 0.05) is 0 Å². The second-order valence-corrected chi connectivity index (χ2v) is 14.0. The smallest absolute Gasteiger partial charge is 0.268 e. The third-order valence-electron chi connectivity index (χ3n) is 5.53. The second-order valence-electron chi connectivity index (χ2n) is 8.38. The molecule has 0 saturated heterocycles. The maximum absolute atomic E-state index is 11.9. The first-order valence-electron chi connectivity index (χ1n) is 11.5. The van der Waals surface area contributed by atoms with E-state index in [2.05, 4.69) is 0 Å². The van der Waals surface area contributed by atoms with Crippen LogP contribution in [0, 0.1) is 0 Å². The largest absolute Gasteiger partial charge is 0.285 e. The molecule has 0 N–H and O–H groups in total. The summed E-state index contributed by atoms with van der Waals surface area (Å²) in [6.07, 6.45) is 9.98. The van der Waals surface area contributed by atoms with Crippen LogP contribution in [0.5, 0.6) is 0 Å². The van der Waals surface area contributed by atoms with Crippen molar-refractivity contribution in [1.29, 1.82) is 0 Å². The van der Waals surface area contributed by atoms with Gasteiger partial charge in [0.15, 0.2) is 34.0 Å². The van der Waals surface area contributed by atoms with Gasteiger partial charge in [0.1, 0.15) is 0 Å². The molecule has 2 fully saturated rings. The van der Waals surface area contributed by atoms with E-state index in [0.717, 1.165) is 64.2 Å². The van der Waals surface area contributed by atoms with Crippen molar-refractivity contribution in [2.24, 2.45) is 0 Å². The Morgan fingerprint density at radius 2 is 0.939 bits per heavy atom. The lowest BCUT2D eigenvalue weighted by atomic mass is 9.98. The first-order valence-corrected chi connectivity index (χ1v) is 17.1. The fourth-order valence-corrected chi connectivity index (χ4v) is 8.01. The highest BCUT2D eigenvalue weighted by Gasteiger charge is 2.21. The summed E-state index contributed by atoms with van der Waals surface area (Å²) in [5.41, 5.74) is 0. The van der Waals surface area contributed by atoms with Gasteiger partial charge in [-0.25, -0.2) is 8.42 Å². The Kier molecular flexibility index (Phi) is 13.5. The van der Waals surface area contributed by atoms with Crippen LogP contribution in [0.3, 0.4) is 0 Å². The normalized spacial score (nSPS) is 21.1. The van der Waals surface area contributed by atoms with Crippen molar-refractivity contribution in [3.63, 3.8) is 0 Å². The zero-order chi connectivity index (χ0) is 24.2. The topological polar surface area (TPSA) is 139 Å². The van der Waals surface area contributed by atoms with Gasteiger partial charge in [-0.2, -0.15) is 16.8 Å². The van der Waals surface area contributed by atoms with Crippen LogP contribution in [0.25, 0.3) is 0 Å². The Bertz CT molecular complexity index is 748. The maximum atomic E-state index is 11.9. The van der Waals surface area contributed by atoms with Gasteiger partial charge in [-0.1, -0.05) is 44.9 Å². The molecule has 0 aromatic rings. The summed E-state index contributed by atoms with van der Waals surface area (Å²) in [6.45, 7) is 0. The Morgan fingerprint density at radius 3 is 1.30 bits per heavy atom. The summed E-state index contributed by atoms with van der Waals surface area (Å²) >= 11 is -3.65. The molecule has 0 aliphatic heterocycles. The van der Waals surface area contributed by atoms with Crippen molar-refractivity contribution in [2.45, 2.75) is 95.7 Å². The summed E-state index contributed by atoms with van der Waals surface area (Å²) in [6, 6.07) is 0. The van der Waals surface area contributed by atoms with Gasteiger partial charge < -0.3 is 0 Å². The van der Waals surface area contributed by atoms with Gasteiger partial charge in [0.05, 0.1) is 23.7 Å². The highest BCUT2D eigenvalue weighted by molar-refractivity contribution is 7.88.